The predicted molar refractivity (Wildman–Crippen MR) is 139 cm³/mol. The number of carbonyl (C=O) groups is 2. The van der Waals surface area contributed by atoms with Crippen molar-refractivity contribution >= 4 is 46.7 Å². The van der Waals surface area contributed by atoms with Crippen LogP contribution in [-0.2, 0) is 9.59 Å². The van der Waals surface area contributed by atoms with Crippen molar-refractivity contribution in [1.82, 2.24) is 14.9 Å². The van der Waals surface area contributed by atoms with E-state index in [0.717, 1.165) is 18.8 Å². The lowest BCUT2D eigenvalue weighted by Gasteiger charge is -2.35. The number of aromatic nitrogens is 2. The van der Waals surface area contributed by atoms with Gasteiger partial charge in [0.2, 0.25) is 5.91 Å². The Labute approximate surface area is 216 Å². The van der Waals surface area contributed by atoms with E-state index in [1.165, 1.54) is 30.1 Å². The quantitative estimate of drug-likeness (QED) is 0.231. The largest absolute Gasteiger partial charge is 0.424 e. The maximum atomic E-state index is 12.5. The van der Waals surface area contributed by atoms with Gasteiger partial charge >= 0.3 is 6.01 Å². The van der Waals surface area contributed by atoms with Gasteiger partial charge in [-0.3, -0.25) is 19.7 Å². The van der Waals surface area contributed by atoms with Crippen molar-refractivity contribution in [1.29, 1.82) is 0 Å². The molecule has 11 nitrogen and oxygen atoms in total. The third-order valence-corrected chi connectivity index (χ3v) is 6.98. The number of nitro groups is 1. The lowest BCUT2D eigenvalue weighted by Crippen LogP contribution is -2.48. The van der Waals surface area contributed by atoms with Crippen molar-refractivity contribution in [2.24, 2.45) is 0 Å². The zero-order chi connectivity index (χ0) is 25.9. The van der Waals surface area contributed by atoms with Gasteiger partial charge in [0, 0.05) is 50.9 Å². The van der Waals surface area contributed by atoms with Crippen LogP contribution in [0.1, 0.15) is 12.5 Å². The van der Waals surface area contributed by atoms with E-state index in [1.807, 2.05) is 29.2 Å². The van der Waals surface area contributed by atoms with Gasteiger partial charge in [-0.25, -0.2) is 4.98 Å². The molecule has 1 fully saturated rings. The number of anilines is 2. The molecule has 0 spiro atoms. The fourth-order valence-corrected chi connectivity index (χ4v) is 4.83. The minimum Gasteiger partial charge on any atom is -0.424 e. The number of piperazine rings is 1. The normalized spacial score (nSPS) is 16.2. The molecule has 0 aliphatic carbocycles. The Balaban J connectivity index is 1.26. The number of nitrogens with one attached hydrogen (secondary N) is 1. The van der Waals surface area contributed by atoms with Crippen LogP contribution in [0, 0.1) is 10.1 Å². The van der Waals surface area contributed by atoms with Gasteiger partial charge < -0.3 is 19.9 Å². The van der Waals surface area contributed by atoms with Crippen LogP contribution in [-0.4, -0.2) is 57.8 Å². The molecule has 5 rings (SSSR count). The smallest absolute Gasteiger partial charge is 0.323 e. The molecule has 12 heteroatoms. The molecule has 3 heterocycles. The number of hydrogen-bond acceptors (Lipinski definition) is 9. The maximum absolute atomic E-state index is 12.5. The monoisotopic (exact) mass is 518 g/mol. The van der Waals surface area contributed by atoms with Gasteiger partial charge in [0.25, 0.3) is 11.6 Å². The molecule has 2 aliphatic rings. The van der Waals surface area contributed by atoms with Gasteiger partial charge in [-0.15, -0.1) is 0 Å². The Morgan fingerprint density at radius 2 is 1.81 bits per heavy atom. The molecular formula is C25H22N6O5S. The highest BCUT2D eigenvalue weighted by Gasteiger charge is 2.24. The first kappa shape index (κ1) is 24.3. The van der Waals surface area contributed by atoms with E-state index in [1.54, 1.807) is 25.1 Å². The van der Waals surface area contributed by atoms with E-state index in [-0.39, 0.29) is 23.5 Å². The number of non-ortho nitro benzene ring substituents is 1. The summed E-state index contributed by atoms with van der Waals surface area (Å²) < 4.78 is 5.85. The van der Waals surface area contributed by atoms with Crippen LogP contribution >= 0.6 is 11.8 Å². The molecule has 2 aliphatic heterocycles. The van der Waals surface area contributed by atoms with Gasteiger partial charge in [-0.2, -0.15) is 4.98 Å². The summed E-state index contributed by atoms with van der Waals surface area (Å²) in [5.74, 6) is 0.352. The third kappa shape index (κ3) is 5.54. The van der Waals surface area contributed by atoms with Gasteiger partial charge in [-0.05, 0) is 48.0 Å². The molecule has 2 aromatic carbocycles. The molecule has 0 bridgehead atoms. The molecule has 1 saturated heterocycles. The van der Waals surface area contributed by atoms with Crippen molar-refractivity contribution in [3.8, 4) is 11.8 Å². The Hall–Kier alpha value is -4.45. The molecule has 1 aromatic heterocycles. The van der Waals surface area contributed by atoms with Crippen LogP contribution in [0.2, 0.25) is 0 Å². The van der Waals surface area contributed by atoms with E-state index in [9.17, 15) is 19.7 Å². The highest BCUT2D eigenvalue weighted by Crippen LogP contribution is 2.38. The molecular weight excluding hydrogens is 496 g/mol. The summed E-state index contributed by atoms with van der Waals surface area (Å²) in [4.78, 5) is 47.5. The molecule has 0 atom stereocenters. The van der Waals surface area contributed by atoms with Crippen LogP contribution in [0.15, 0.2) is 64.7 Å². The van der Waals surface area contributed by atoms with Crippen molar-refractivity contribution in [3.63, 3.8) is 0 Å². The second-order valence-electron chi connectivity index (χ2n) is 8.37. The number of amides is 2. The van der Waals surface area contributed by atoms with Gasteiger partial charge in [-0.1, -0.05) is 11.8 Å². The van der Waals surface area contributed by atoms with Gasteiger partial charge in [0.05, 0.1) is 21.7 Å². The number of rotatable bonds is 5. The standard InChI is InChI=1S/C25H22N6O5S/c1-16(32)29-10-12-30(13-11-29)18-6-8-20(9-7-18)36-25-26-15-21-24(28-25)37-22(23(33)27-21)14-17-2-4-19(5-3-17)31(34)35/h2-9,14-15H,10-13H2,1H3,(H,27,33)/b22-14+. The maximum Gasteiger partial charge on any atom is 0.323 e. The SMILES string of the molecule is CC(=O)N1CCN(c2ccc(Oc3ncc4c(n3)S/C(=C/c3ccc([N+](=O)[O-])cc3)C(=O)N4)cc2)CC1. The number of fused-ring (bicyclic) bond motifs is 1. The first-order valence-electron chi connectivity index (χ1n) is 11.5. The topological polar surface area (TPSA) is 131 Å². The first-order chi connectivity index (χ1) is 17.9. The number of benzene rings is 2. The van der Waals surface area contributed by atoms with Crippen LogP contribution in [0.3, 0.4) is 0 Å². The van der Waals surface area contributed by atoms with Crippen molar-refractivity contribution in [2.75, 3.05) is 36.4 Å². The summed E-state index contributed by atoms with van der Waals surface area (Å²) in [6.45, 7) is 4.53. The summed E-state index contributed by atoms with van der Waals surface area (Å²) in [5.41, 5.74) is 2.15. The zero-order valence-corrected chi connectivity index (χ0v) is 20.6. The number of thioether (sulfide) groups is 1. The molecule has 0 radical (unpaired) electrons. The summed E-state index contributed by atoms with van der Waals surface area (Å²) in [6, 6.07) is 13.7. The second-order valence-corrected chi connectivity index (χ2v) is 9.40. The zero-order valence-electron chi connectivity index (χ0n) is 19.8. The molecule has 3 aromatic rings. The molecule has 2 amide bonds. The highest BCUT2D eigenvalue weighted by molar-refractivity contribution is 8.04. The number of ether oxygens (including phenoxy) is 1. The van der Waals surface area contributed by atoms with E-state index in [0.29, 0.717) is 40.0 Å². The van der Waals surface area contributed by atoms with Crippen molar-refractivity contribution < 1.29 is 19.2 Å². The van der Waals surface area contributed by atoms with Gasteiger partial charge in [0.1, 0.15) is 10.8 Å². The van der Waals surface area contributed by atoms with E-state index in [2.05, 4.69) is 20.2 Å². The number of hydrogen-bond donors (Lipinski definition) is 1. The van der Waals surface area contributed by atoms with Crippen molar-refractivity contribution in [2.45, 2.75) is 11.9 Å². The molecule has 0 unspecified atom stereocenters. The van der Waals surface area contributed by atoms with Crippen LogP contribution < -0.4 is 15.0 Å². The van der Waals surface area contributed by atoms with E-state index in [4.69, 9.17) is 4.74 Å². The fraction of sp³-hybridized carbons (Fsp3) is 0.200. The summed E-state index contributed by atoms with van der Waals surface area (Å²) in [7, 11) is 0. The Bertz CT molecular complexity index is 1390. The first-order valence-corrected chi connectivity index (χ1v) is 12.3. The van der Waals surface area contributed by atoms with Crippen LogP contribution in [0.4, 0.5) is 17.1 Å². The fourth-order valence-electron chi connectivity index (χ4n) is 3.95. The Kier molecular flexibility index (Phi) is 6.73. The number of nitrogens with zero attached hydrogens (tertiary/aromatic N) is 5. The Morgan fingerprint density at radius 1 is 1.11 bits per heavy atom. The number of nitro benzene ring substituents is 1. The molecule has 37 heavy (non-hydrogen) atoms. The molecule has 0 saturated carbocycles. The minimum atomic E-state index is -0.474. The summed E-state index contributed by atoms with van der Waals surface area (Å²) in [5, 5.41) is 14.1. The average molecular weight is 519 g/mol. The predicted octanol–water partition coefficient (Wildman–Crippen LogP) is 3.93. The van der Waals surface area contributed by atoms with Crippen LogP contribution in [0.25, 0.3) is 6.08 Å². The molecule has 188 valence electrons. The summed E-state index contributed by atoms with van der Waals surface area (Å²) >= 11 is 1.17. The summed E-state index contributed by atoms with van der Waals surface area (Å²) in [6.07, 6.45) is 3.14. The van der Waals surface area contributed by atoms with Gasteiger partial charge in [0.15, 0.2) is 0 Å². The highest BCUT2D eigenvalue weighted by atomic mass is 32.2. The minimum absolute atomic E-state index is 0.0219. The van der Waals surface area contributed by atoms with Crippen LogP contribution in [0.5, 0.6) is 11.8 Å². The lowest BCUT2D eigenvalue weighted by atomic mass is 10.2. The molecule has 1 N–H and O–H groups in total. The van der Waals surface area contributed by atoms with E-state index < -0.39 is 4.92 Å². The Morgan fingerprint density at radius 3 is 2.46 bits per heavy atom. The number of carbonyl (C=O) groups excluding carboxylic acids is 2. The lowest BCUT2D eigenvalue weighted by molar-refractivity contribution is -0.384. The second kappa shape index (κ2) is 10.3. The van der Waals surface area contributed by atoms with Crippen molar-refractivity contribution in [3.05, 3.63) is 75.3 Å². The van der Waals surface area contributed by atoms with E-state index >= 15 is 0 Å². The third-order valence-electron chi connectivity index (χ3n) is 5.95. The average Bonchev–Trinajstić information content (AvgIpc) is 2.90.